The predicted octanol–water partition coefficient (Wildman–Crippen LogP) is 5.99. The van der Waals surface area contributed by atoms with Crippen molar-refractivity contribution in [1.82, 2.24) is 5.32 Å². The molecule has 3 amide bonds. The SMILES string of the molecule is CC=Nc1c(N)ccc(NC(=O)O[C@H]2CC(=O)N(C)c3cc(cc(OC)c3Cl)C/C(C)=C/C=C/[C@@H](OC)[C@@]3(O)C[C@H](OC(=O)N3)[C@@H](C)[C@@H]3O[C@@]23C)c1C. The molecule has 286 valence electrons. The first kappa shape index (κ1) is 39.6. The van der Waals surface area contributed by atoms with Gasteiger partial charge in [-0.3, -0.25) is 20.4 Å². The van der Waals surface area contributed by atoms with Crippen molar-refractivity contribution in [1.29, 1.82) is 0 Å². The number of nitrogens with one attached hydrogen (secondary N) is 2. The fourth-order valence-corrected chi connectivity index (χ4v) is 7.34. The monoisotopic (exact) mass is 753 g/mol. The number of rotatable bonds is 5. The van der Waals surface area contributed by atoms with Crippen molar-refractivity contribution in [3.05, 3.63) is 64.2 Å². The number of benzene rings is 2. The number of hydrogen-bond acceptors (Lipinski definition) is 11. The molecule has 2 aromatic rings. The number of halogens is 1. The summed E-state index contributed by atoms with van der Waals surface area (Å²) in [5.41, 5.74) is 7.21. The Labute approximate surface area is 314 Å². The molecule has 4 bridgehead atoms. The number of aliphatic imine (C=N–C) groups is 1. The van der Waals surface area contributed by atoms with E-state index >= 15 is 0 Å². The van der Waals surface area contributed by atoms with Gasteiger partial charge in [0, 0.05) is 44.0 Å². The average Bonchev–Trinajstić information content (AvgIpc) is 3.80. The van der Waals surface area contributed by atoms with Crippen LogP contribution in [0.2, 0.25) is 5.02 Å². The van der Waals surface area contributed by atoms with Gasteiger partial charge in [0.15, 0.2) is 5.72 Å². The van der Waals surface area contributed by atoms with E-state index in [2.05, 4.69) is 15.6 Å². The Hall–Kier alpha value is -4.63. The molecule has 2 saturated heterocycles. The summed E-state index contributed by atoms with van der Waals surface area (Å²) >= 11 is 6.76. The first-order chi connectivity index (χ1) is 25.0. The van der Waals surface area contributed by atoms with Crippen molar-refractivity contribution in [3.63, 3.8) is 0 Å². The van der Waals surface area contributed by atoms with Crippen LogP contribution >= 0.6 is 11.6 Å². The van der Waals surface area contributed by atoms with Crippen LogP contribution in [0.5, 0.6) is 5.75 Å². The van der Waals surface area contributed by atoms with Crippen LogP contribution in [0, 0.1) is 12.8 Å². The number of ether oxygens (including phenoxy) is 5. The molecule has 0 spiro atoms. The van der Waals surface area contributed by atoms with E-state index in [0.29, 0.717) is 40.5 Å². The van der Waals surface area contributed by atoms with Crippen LogP contribution in [-0.4, -0.2) is 86.4 Å². The molecule has 0 aromatic heterocycles. The van der Waals surface area contributed by atoms with Crippen LogP contribution in [0.15, 0.2) is 53.1 Å². The van der Waals surface area contributed by atoms with E-state index in [-0.39, 0.29) is 17.9 Å². The third kappa shape index (κ3) is 8.30. The second-order valence-corrected chi connectivity index (χ2v) is 14.3. The zero-order valence-electron chi connectivity index (χ0n) is 31.2. The van der Waals surface area contributed by atoms with Gasteiger partial charge < -0.3 is 39.4 Å². The largest absolute Gasteiger partial charge is 0.495 e. The molecule has 0 unspecified atom stereocenters. The number of alkyl carbamates (subject to hydrolysis) is 1. The lowest BCUT2D eigenvalue weighted by Crippen LogP contribution is -2.63. The maximum atomic E-state index is 14.1. The van der Waals surface area contributed by atoms with Gasteiger partial charge in [0.2, 0.25) is 5.91 Å². The topological polar surface area (TPSA) is 187 Å². The highest BCUT2D eigenvalue weighted by Crippen LogP contribution is 2.49. The zero-order chi connectivity index (χ0) is 38.8. The molecule has 0 saturated carbocycles. The van der Waals surface area contributed by atoms with Gasteiger partial charge in [-0.15, -0.1) is 0 Å². The van der Waals surface area contributed by atoms with E-state index in [1.54, 1.807) is 70.5 Å². The minimum Gasteiger partial charge on any atom is -0.495 e. The summed E-state index contributed by atoms with van der Waals surface area (Å²) in [4.78, 5) is 46.3. The lowest BCUT2D eigenvalue weighted by atomic mass is 9.83. The Morgan fingerprint density at radius 1 is 1.25 bits per heavy atom. The molecular formula is C38H48ClN5O9. The predicted molar refractivity (Wildman–Crippen MR) is 202 cm³/mol. The number of fused-ring (bicyclic) bond motifs is 5. The molecule has 7 atom stereocenters. The van der Waals surface area contributed by atoms with Crippen LogP contribution in [0.4, 0.5) is 32.3 Å². The van der Waals surface area contributed by atoms with E-state index < -0.39 is 59.8 Å². The summed E-state index contributed by atoms with van der Waals surface area (Å²) in [7, 11) is 4.51. The van der Waals surface area contributed by atoms with Crippen molar-refractivity contribution in [3.8, 4) is 5.75 Å². The van der Waals surface area contributed by atoms with Crippen LogP contribution in [0.1, 0.15) is 51.7 Å². The molecule has 3 aliphatic rings. The molecular weight excluding hydrogens is 706 g/mol. The molecule has 53 heavy (non-hydrogen) atoms. The number of nitrogens with zero attached hydrogens (tertiary/aromatic N) is 2. The van der Waals surface area contributed by atoms with Crippen molar-refractivity contribution in [2.75, 3.05) is 37.2 Å². The summed E-state index contributed by atoms with van der Waals surface area (Å²) in [6, 6.07) is 6.86. The molecule has 2 fully saturated rings. The number of aliphatic hydroxyl groups is 1. The number of amides is 3. The molecule has 3 heterocycles. The van der Waals surface area contributed by atoms with Crippen LogP contribution in [0.25, 0.3) is 0 Å². The molecule has 0 aliphatic carbocycles. The quantitative estimate of drug-likeness (QED) is 0.161. The van der Waals surface area contributed by atoms with Gasteiger partial charge in [0.05, 0.1) is 36.7 Å². The Morgan fingerprint density at radius 3 is 2.66 bits per heavy atom. The molecule has 14 nitrogen and oxygen atoms in total. The fourth-order valence-electron chi connectivity index (χ4n) is 7.03. The minimum atomic E-state index is -1.82. The number of anilines is 3. The third-order valence-corrected chi connectivity index (χ3v) is 10.5. The van der Waals surface area contributed by atoms with E-state index in [0.717, 1.165) is 11.1 Å². The molecule has 15 heteroatoms. The summed E-state index contributed by atoms with van der Waals surface area (Å²) in [5, 5.41) is 17.2. The summed E-state index contributed by atoms with van der Waals surface area (Å²) in [5.74, 6) is -0.564. The van der Waals surface area contributed by atoms with E-state index in [1.165, 1.54) is 19.1 Å². The van der Waals surface area contributed by atoms with Gasteiger partial charge in [-0.1, -0.05) is 42.3 Å². The molecule has 5 rings (SSSR count). The molecule has 3 aliphatic heterocycles. The highest BCUT2D eigenvalue weighted by molar-refractivity contribution is 6.35. The van der Waals surface area contributed by atoms with Gasteiger partial charge in [0.25, 0.3) is 0 Å². The average molecular weight is 754 g/mol. The molecule has 5 N–H and O–H groups in total. The zero-order valence-corrected chi connectivity index (χ0v) is 31.9. The van der Waals surface area contributed by atoms with Crippen LogP contribution in [0.3, 0.4) is 0 Å². The molecule has 2 aromatic carbocycles. The Morgan fingerprint density at radius 2 is 1.98 bits per heavy atom. The van der Waals surface area contributed by atoms with E-state index in [4.69, 9.17) is 41.0 Å². The fraction of sp³-hybridized carbons (Fsp3) is 0.474. The first-order valence-corrected chi connectivity index (χ1v) is 17.7. The number of nitrogens with two attached hydrogens (primary N) is 1. The van der Waals surface area contributed by atoms with Crippen molar-refractivity contribution < 1.29 is 43.2 Å². The number of hydrogen-bond donors (Lipinski definition) is 4. The lowest BCUT2D eigenvalue weighted by Gasteiger charge is -2.42. The number of nitrogen functional groups attached to an aromatic ring is 1. The maximum absolute atomic E-state index is 14.1. The Kier molecular flexibility index (Phi) is 11.8. The van der Waals surface area contributed by atoms with Crippen LogP contribution < -0.4 is 26.0 Å². The van der Waals surface area contributed by atoms with Crippen LogP contribution in [-0.2, 0) is 30.2 Å². The number of methoxy groups -OCH3 is 2. The normalized spacial score (nSPS) is 30.7. The van der Waals surface area contributed by atoms with Crippen molar-refractivity contribution >= 4 is 58.7 Å². The molecule has 0 radical (unpaired) electrons. The first-order valence-electron chi connectivity index (χ1n) is 17.3. The van der Waals surface area contributed by atoms with E-state index in [1.807, 2.05) is 19.9 Å². The Balaban J connectivity index is 1.54. The minimum absolute atomic E-state index is 0.0435. The summed E-state index contributed by atoms with van der Waals surface area (Å²) < 4.78 is 29.2. The summed E-state index contributed by atoms with van der Waals surface area (Å²) in [6.45, 7) is 8.99. The highest BCUT2D eigenvalue weighted by atomic mass is 35.5. The third-order valence-electron chi connectivity index (χ3n) is 10.2. The van der Waals surface area contributed by atoms with Crippen molar-refractivity contribution in [2.45, 2.75) is 89.6 Å². The second kappa shape index (κ2) is 15.8. The highest BCUT2D eigenvalue weighted by Gasteiger charge is 2.64. The number of carbonyl (C=O) groups excluding carboxylic acids is 3. The number of epoxide rings is 1. The van der Waals surface area contributed by atoms with Gasteiger partial charge in [-0.25, -0.2) is 9.59 Å². The Bertz CT molecular complexity index is 1850. The van der Waals surface area contributed by atoms with Gasteiger partial charge in [0.1, 0.15) is 34.7 Å². The smallest absolute Gasteiger partial charge is 0.412 e. The van der Waals surface area contributed by atoms with Crippen molar-refractivity contribution in [2.24, 2.45) is 10.9 Å². The van der Waals surface area contributed by atoms with Gasteiger partial charge >= 0.3 is 12.2 Å². The van der Waals surface area contributed by atoms with Gasteiger partial charge in [-0.2, -0.15) is 0 Å². The van der Waals surface area contributed by atoms with Gasteiger partial charge in [-0.05, 0) is 63.9 Å². The summed E-state index contributed by atoms with van der Waals surface area (Å²) in [6.07, 6.45) is 1.77. The number of allylic oxidation sites excluding steroid dienone is 3. The second-order valence-electron chi connectivity index (χ2n) is 13.9. The number of carbonyl (C=O) groups is 3. The lowest BCUT2D eigenvalue weighted by molar-refractivity contribution is -0.142. The maximum Gasteiger partial charge on any atom is 0.412 e. The standard InChI is InChI=1S/C38H48ClN5O9/c1-9-41-33-21(3)25(14-13-24(33)40)42-35(46)52-30-18-31(45)44(6)26-16-23(17-27(49-7)32(26)39)15-20(2)11-10-12-29(50-8)38(48)19-28(51-36(47)43-38)22(4)34-37(30,5)53-34/h9-14,16-17,22,28-30,34,48H,15,18-19,40H2,1-8H3,(H,42,46)(H,43,47)/b12-10+,20-11+,41-9?/t22-,28+,29-,30+,34+,37+,38+/m1/s1. The van der Waals surface area contributed by atoms with E-state index in [9.17, 15) is 19.5 Å².